The smallest absolute Gasteiger partial charge is 0.257 e. The Hall–Kier alpha value is -4.14. The molecule has 9 heteroatoms. The number of anilines is 1. The number of amides is 2. The van der Waals surface area contributed by atoms with Crippen molar-refractivity contribution in [1.82, 2.24) is 24.5 Å². The molecule has 0 radical (unpaired) electrons. The van der Waals surface area contributed by atoms with Gasteiger partial charge in [0, 0.05) is 37.2 Å². The summed E-state index contributed by atoms with van der Waals surface area (Å²) in [6.07, 6.45) is 9.46. The van der Waals surface area contributed by atoms with Gasteiger partial charge in [0.15, 0.2) is 11.6 Å². The van der Waals surface area contributed by atoms with Crippen molar-refractivity contribution in [3.05, 3.63) is 78.1 Å². The summed E-state index contributed by atoms with van der Waals surface area (Å²) < 4.78 is 16.5. The Morgan fingerprint density at radius 1 is 1.03 bits per heavy atom. The molecule has 0 bridgehead atoms. The van der Waals surface area contributed by atoms with Gasteiger partial charge in [-0.25, -0.2) is 13.9 Å². The minimum absolute atomic E-state index is 0.0390. The minimum atomic E-state index is -0.661. The fraction of sp³-hybridized carbons (Fsp3) is 0.240. The number of pyridine rings is 3. The molecule has 1 aliphatic rings. The number of halogens is 1. The third-order valence-corrected chi connectivity index (χ3v) is 5.90. The molecule has 8 nitrogen and oxygen atoms in total. The molecule has 1 aliphatic heterocycles. The zero-order valence-corrected chi connectivity index (χ0v) is 18.4. The lowest BCUT2D eigenvalue weighted by molar-refractivity contribution is -0.115. The predicted molar refractivity (Wildman–Crippen MR) is 125 cm³/mol. The molecule has 34 heavy (non-hydrogen) atoms. The van der Waals surface area contributed by atoms with E-state index in [9.17, 15) is 14.0 Å². The van der Waals surface area contributed by atoms with Crippen LogP contribution >= 0.6 is 0 Å². The summed E-state index contributed by atoms with van der Waals surface area (Å²) in [4.78, 5) is 35.2. The van der Waals surface area contributed by atoms with Crippen molar-refractivity contribution in [2.45, 2.75) is 25.7 Å². The number of carbonyl (C=O) groups is 2. The predicted octanol–water partition coefficient (Wildman–Crippen LogP) is 3.74. The highest BCUT2D eigenvalue weighted by atomic mass is 19.1. The van der Waals surface area contributed by atoms with Crippen LogP contribution in [-0.4, -0.2) is 49.4 Å². The number of nitrogens with zero attached hydrogens (tertiary/aromatic N) is 5. The van der Waals surface area contributed by atoms with Crippen LogP contribution in [0, 0.1) is 5.82 Å². The summed E-state index contributed by atoms with van der Waals surface area (Å²) in [6.45, 7) is 1.50. The summed E-state index contributed by atoms with van der Waals surface area (Å²) >= 11 is 0. The first kappa shape index (κ1) is 21.7. The summed E-state index contributed by atoms with van der Waals surface area (Å²) in [6, 6.07) is 10.2. The second kappa shape index (κ2) is 9.38. The standard InChI is InChI=1S/C25H23FN6O2/c26-20-13-18(15-28-24(20)30-23(33)12-17-6-5-9-27-14-17)21-7-4-8-22-19(16-29-32(21)22)25(34)31-10-2-1-3-11-31/h4-9,13-16H,1-3,10-12H2,(H,28,30,33). The van der Waals surface area contributed by atoms with Gasteiger partial charge in [0.05, 0.1) is 29.4 Å². The van der Waals surface area contributed by atoms with Crippen LogP contribution in [0.5, 0.6) is 0 Å². The van der Waals surface area contributed by atoms with E-state index in [1.165, 1.54) is 12.3 Å². The van der Waals surface area contributed by atoms with Gasteiger partial charge in [-0.15, -0.1) is 0 Å². The van der Waals surface area contributed by atoms with Crippen molar-refractivity contribution >= 4 is 23.1 Å². The third kappa shape index (κ3) is 4.36. The van der Waals surface area contributed by atoms with E-state index in [4.69, 9.17) is 0 Å². The molecule has 4 aromatic rings. The van der Waals surface area contributed by atoms with Crippen LogP contribution < -0.4 is 5.32 Å². The van der Waals surface area contributed by atoms with Crippen LogP contribution in [0.1, 0.15) is 35.2 Å². The van der Waals surface area contributed by atoms with Crippen LogP contribution in [0.15, 0.2) is 61.2 Å². The van der Waals surface area contributed by atoms with Crippen molar-refractivity contribution in [2.24, 2.45) is 0 Å². The number of nitrogens with one attached hydrogen (secondary N) is 1. The third-order valence-electron chi connectivity index (χ3n) is 5.90. The van der Waals surface area contributed by atoms with Gasteiger partial charge in [-0.1, -0.05) is 12.1 Å². The van der Waals surface area contributed by atoms with E-state index < -0.39 is 5.82 Å². The van der Waals surface area contributed by atoms with Gasteiger partial charge in [0.1, 0.15) is 0 Å². The van der Waals surface area contributed by atoms with Gasteiger partial charge in [0.25, 0.3) is 5.91 Å². The molecule has 1 fully saturated rings. The number of likely N-dealkylation sites (tertiary alicyclic amines) is 1. The number of aromatic nitrogens is 4. The Morgan fingerprint density at radius 2 is 1.88 bits per heavy atom. The topological polar surface area (TPSA) is 92.5 Å². The van der Waals surface area contributed by atoms with E-state index in [2.05, 4.69) is 20.4 Å². The molecule has 5 heterocycles. The average molecular weight is 458 g/mol. The van der Waals surface area contributed by atoms with Crippen molar-refractivity contribution in [3.8, 4) is 11.3 Å². The van der Waals surface area contributed by atoms with Crippen molar-refractivity contribution in [3.63, 3.8) is 0 Å². The maximum absolute atomic E-state index is 14.8. The zero-order valence-electron chi connectivity index (χ0n) is 18.4. The lowest BCUT2D eigenvalue weighted by atomic mass is 10.1. The average Bonchev–Trinajstić information content (AvgIpc) is 3.30. The second-order valence-electron chi connectivity index (χ2n) is 8.26. The van der Waals surface area contributed by atoms with E-state index in [1.54, 1.807) is 47.4 Å². The molecule has 1 saturated heterocycles. The summed E-state index contributed by atoms with van der Waals surface area (Å²) in [5.74, 6) is -1.23. The molecule has 0 saturated carbocycles. The van der Waals surface area contributed by atoms with Gasteiger partial charge >= 0.3 is 0 Å². The summed E-state index contributed by atoms with van der Waals surface area (Å²) in [7, 11) is 0. The highest BCUT2D eigenvalue weighted by molar-refractivity contribution is 6.01. The van der Waals surface area contributed by atoms with Crippen LogP contribution in [-0.2, 0) is 11.2 Å². The lowest BCUT2D eigenvalue weighted by Gasteiger charge is -2.26. The van der Waals surface area contributed by atoms with E-state index in [0.717, 1.165) is 37.9 Å². The minimum Gasteiger partial charge on any atom is -0.339 e. The zero-order chi connectivity index (χ0) is 23.5. The first-order valence-corrected chi connectivity index (χ1v) is 11.2. The van der Waals surface area contributed by atoms with Crippen molar-refractivity contribution in [1.29, 1.82) is 0 Å². The van der Waals surface area contributed by atoms with Crippen LogP contribution in [0.25, 0.3) is 16.8 Å². The Balaban J connectivity index is 1.38. The largest absolute Gasteiger partial charge is 0.339 e. The fourth-order valence-electron chi connectivity index (χ4n) is 4.20. The summed E-state index contributed by atoms with van der Waals surface area (Å²) in [5, 5.41) is 6.91. The van der Waals surface area contributed by atoms with Crippen molar-refractivity contribution in [2.75, 3.05) is 18.4 Å². The molecule has 0 atom stereocenters. The molecule has 0 aromatic carbocycles. The Labute approximate surface area is 195 Å². The number of rotatable bonds is 5. The molecule has 0 aliphatic carbocycles. The highest BCUT2D eigenvalue weighted by Crippen LogP contribution is 2.25. The molecule has 0 unspecified atom stereocenters. The van der Waals surface area contributed by atoms with E-state index in [1.807, 2.05) is 11.0 Å². The van der Waals surface area contributed by atoms with Crippen LogP contribution in [0.3, 0.4) is 0 Å². The van der Waals surface area contributed by atoms with Crippen molar-refractivity contribution < 1.29 is 14.0 Å². The quantitative estimate of drug-likeness (QED) is 0.492. The van der Waals surface area contributed by atoms with Gasteiger partial charge < -0.3 is 10.2 Å². The maximum Gasteiger partial charge on any atom is 0.257 e. The highest BCUT2D eigenvalue weighted by Gasteiger charge is 2.22. The number of hydrogen-bond donors (Lipinski definition) is 1. The van der Waals surface area contributed by atoms with E-state index in [-0.39, 0.29) is 24.1 Å². The Bertz CT molecular complexity index is 1350. The molecule has 172 valence electrons. The Kier molecular flexibility index (Phi) is 5.99. The molecule has 1 N–H and O–H groups in total. The van der Waals surface area contributed by atoms with Crippen LogP contribution in [0.2, 0.25) is 0 Å². The monoisotopic (exact) mass is 458 g/mol. The molecule has 5 rings (SSSR count). The molecule has 2 amide bonds. The maximum atomic E-state index is 14.8. The van der Waals surface area contributed by atoms with Crippen LogP contribution in [0.4, 0.5) is 10.2 Å². The molecular weight excluding hydrogens is 435 g/mol. The van der Waals surface area contributed by atoms with Gasteiger partial charge in [-0.05, 0) is 49.1 Å². The lowest BCUT2D eigenvalue weighted by Crippen LogP contribution is -2.35. The normalized spacial score (nSPS) is 13.7. The molecular formula is C25H23FN6O2. The molecule has 4 aromatic heterocycles. The first-order valence-electron chi connectivity index (χ1n) is 11.2. The summed E-state index contributed by atoms with van der Waals surface area (Å²) in [5.41, 5.74) is 2.97. The number of carbonyl (C=O) groups excluding carboxylic acids is 2. The van der Waals surface area contributed by atoms with Gasteiger partial charge in [0.2, 0.25) is 5.91 Å². The molecule has 0 spiro atoms. The number of fused-ring (bicyclic) bond motifs is 1. The number of hydrogen-bond acceptors (Lipinski definition) is 5. The second-order valence-corrected chi connectivity index (χ2v) is 8.26. The SMILES string of the molecule is O=C(Cc1cccnc1)Nc1ncc(-c2cccc3c(C(=O)N4CCCCC4)cnn23)cc1F. The number of piperidine rings is 1. The first-order chi connectivity index (χ1) is 16.6. The van der Waals surface area contributed by atoms with E-state index in [0.29, 0.717) is 22.3 Å². The van der Waals surface area contributed by atoms with Gasteiger partial charge in [-0.3, -0.25) is 14.6 Å². The Morgan fingerprint density at radius 3 is 2.65 bits per heavy atom. The van der Waals surface area contributed by atoms with Gasteiger partial charge in [-0.2, -0.15) is 5.10 Å². The fourth-order valence-corrected chi connectivity index (χ4v) is 4.20. The van der Waals surface area contributed by atoms with E-state index >= 15 is 0 Å².